The molecule has 0 saturated carbocycles. The molecule has 0 aromatic rings. The standard InChI is InChI=1S/C75H130O17P2/c1-5-9-13-17-21-25-29-32-33-34-35-38-41-44-48-52-56-60-73(78)86-65-70(91-74(79)61-57-53-49-45-39-28-24-20-16-12-8-4)67-89-93(81,82)87-63-69(76)64-88-94(83,84)90-68-71(92-75(80)62-58-54-50-46-42-37-31-27-23-19-15-11-7-3)66-85-72(77)59-55-51-47-43-40-36-30-26-22-18-14-10-6-2/h9,13-14,18,20-21,24-26,30,32-33,35,38,44,48,69-71,76H,5-8,10-12,15-17,19,22-23,27-29,31,34,36-37,39-43,45-47,49-68H2,1-4H3,(H,81,82)(H,83,84)/b13-9-,18-14-,24-20-,25-21-,30-26-,33-32-,38-35-,48-44-. The van der Waals surface area contributed by atoms with E-state index in [-0.39, 0.29) is 25.7 Å². The number of rotatable bonds is 68. The van der Waals surface area contributed by atoms with Gasteiger partial charge in [0.2, 0.25) is 0 Å². The Bertz CT molecular complexity index is 2170. The van der Waals surface area contributed by atoms with E-state index >= 15 is 0 Å². The van der Waals surface area contributed by atoms with Crippen LogP contribution in [0.3, 0.4) is 0 Å². The molecular weight excluding hydrogens is 1230 g/mol. The molecule has 0 aliphatic rings. The van der Waals surface area contributed by atoms with E-state index in [1.54, 1.807) is 0 Å². The summed E-state index contributed by atoms with van der Waals surface area (Å²) in [5.74, 6) is -2.26. The van der Waals surface area contributed by atoms with Gasteiger partial charge >= 0.3 is 39.5 Å². The maximum atomic E-state index is 13.0. The minimum absolute atomic E-state index is 0.0719. The monoisotopic (exact) mass is 1360 g/mol. The second kappa shape index (κ2) is 67.5. The fourth-order valence-corrected chi connectivity index (χ4v) is 11.0. The number of hydrogen-bond donors (Lipinski definition) is 3. The van der Waals surface area contributed by atoms with Gasteiger partial charge in [-0.1, -0.05) is 260 Å². The molecule has 0 aliphatic heterocycles. The lowest BCUT2D eigenvalue weighted by Crippen LogP contribution is -2.30. The van der Waals surface area contributed by atoms with Gasteiger partial charge in [0.25, 0.3) is 0 Å². The van der Waals surface area contributed by atoms with Crippen LogP contribution in [0.4, 0.5) is 0 Å². The normalized spacial score (nSPS) is 14.6. The van der Waals surface area contributed by atoms with Gasteiger partial charge < -0.3 is 33.8 Å². The minimum Gasteiger partial charge on any atom is -0.462 e. The van der Waals surface area contributed by atoms with E-state index in [0.717, 1.165) is 148 Å². The predicted molar refractivity (Wildman–Crippen MR) is 381 cm³/mol. The molecule has 19 heteroatoms. The van der Waals surface area contributed by atoms with Crippen LogP contribution in [0.2, 0.25) is 0 Å². The van der Waals surface area contributed by atoms with E-state index < -0.39 is 97.5 Å². The van der Waals surface area contributed by atoms with Crippen LogP contribution in [0, 0.1) is 0 Å². The van der Waals surface area contributed by atoms with Crippen molar-refractivity contribution in [1.29, 1.82) is 0 Å². The summed E-state index contributed by atoms with van der Waals surface area (Å²) in [5.41, 5.74) is 0. The SMILES string of the molecule is CC/C=C\C/C=C\C/C=C\C/C=C\C/C=C\CCCC(=O)OCC(COP(=O)(O)OCC(O)COP(=O)(O)OCC(COC(=O)CCCCCCC/C=C\C/C=C\CCC)OC(=O)CCCCCCCCCCCCCCC)OC(=O)CCCCCCC/C=C\CCCC. The second-order valence-corrected chi connectivity index (χ2v) is 27.1. The molecular formula is C75H130O17P2. The molecule has 3 N–H and O–H groups in total. The third-order valence-electron chi connectivity index (χ3n) is 15.0. The lowest BCUT2D eigenvalue weighted by Gasteiger charge is -2.21. The summed E-state index contributed by atoms with van der Waals surface area (Å²) in [6, 6.07) is 0. The zero-order chi connectivity index (χ0) is 69.0. The van der Waals surface area contributed by atoms with Gasteiger partial charge in [0.15, 0.2) is 12.2 Å². The van der Waals surface area contributed by atoms with Gasteiger partial charge in [-0.15, -0.1) is 0 Å². The Morgan fingerprint density at radius 2 is 0.596 bits per heavy atom. The summed E-state index contributed by atoms with van der Waals surface area (Å²) < 4.78 is 68.2. The highest BCUT2D eigenvalue weighted by molar-refractivity contribution is 7.47. The van der Waals surface area contributed by atoms with Crippen LogP contribution in [0.5, 0.6) is 0 Å². The van der Waals surface area contributed by atoms with Crippen molar-refractivity contribution in [3.05, 3.63) is 97.2 Å². The first kappa shape index (κ1) is 90.0. The number of unbranched alkanes of at least 4 members (excludes halogenated alkanes) is 26. The van der Waals surface area contributed by atoms with Gasteiger partial charge in [0.05, 0.1) is 26.4 Å². The summed E-state index contributed by atoms with van der Waals surface area (Å²) in [6.07, 6.45) is 68.5. The van der Waals surface area contributed by atoms with Crippen molar-refractivity contribution in [3.8, 4) is 0 Å². The largest absolute Gasteiger partial charge is 0.472 e. The average molecular weight is 1370 g/mol. The van der Waals surface area contributed by atoms with Crippen LogP contribution in [0.25, 0.3) is 0 Å². The Morgan fingerprint density at radius 3 is 0.979 bits per heavy atom. The molecule has 94 heavy (non-hydrogen) atoms. The van der Waals surface area contributed by atoms with Crippen molar-refractivity contribution in [2.45, 2.75) is 316 Å². The van der Waals surface area contributed by atoms with E-state index in [9.17, 15) is 43.2 Å². The molecule has 0 aromatic heterocycles. The molecule has 0 amide bonds. The highest BCUT2D eigenvalue weighted by Gasteiger charge is 2.30. The molecule has 542 valence electrons. The summed E-state index contributed by atoms with van der Waals surface area (Å²) in [6.45, 7) is 4.56. The molecule has 5 atom stereocenters. The molecule has 5 unspecified atom stereocenters. The Morgan fingerprint density at radius 1 is 0.309 bits per heavy atom. The molecule has 0 spiro atoms. The maximum absolute atomic E-state index is 13.0. The Balaban J connectivity index is 5.36. The Kier molecular flexibility index (Phi) is 64.7. The molecule has 0 radical (unpaired) electrons. The lowest BCUT2D eigenvalue weighted by atomic mass is 10.0. The zero-order valence-corrected chi connectivity index (χ0v) is 60.7. The van der Waals surface area contributed by atoms with Crippen LogP contribution in [0.1, 0.15) is 297 Å². The number of phosphoric acid groups is 2. The highest BCUT2D eigenvalue weighted by Crippen LogP contribution is 2.45. The van der Waals surface area contributed by atoms with Crippen LogP contribution in [-0.4, -0.2) is 96.7 Å². The highest BCUT2D eigenvalue weighted by atomic mass is 31.2. The molecule has 0 heterocycles. The summed E-state index contributed by atoms with van der Waals surface area (Å²) in [4.78, 5) is 72.6. The minimum atomic E-state index is -4.98. The fraction of sp³-hybridized carbons (Fsp3) is 0.733. The summed E-state index contributed by atoms with van der Waals surface area (Å²) >= 11 is 0. The van der Waals surface area contributed by atoms with Crippen LogP contribution < -0.4 is 0 Å². The number of aliphatic hydroxyl groups excluding tert-OH is 1. The topological polar surface area (TPSA) is 237 Å². The maximum Gasteiger partial charge on any atom is 0.472 e. The van der Waals surface area contributed by atoms with Gasteiger partial charge in [-0.3, -0.25) is 37.3 Å². The van der Waals surface area contributed by atoms with E-state index in [0.29, 0.717) is 32.1 Å². The van der Waals surface area contributed by atoms with Crippen LogP contribution in [0.15, 0.2) is 97.2 Å². The number of allylic oxidation sites excluding steroid dienone is 16. The van der Waals surface area contributed by atoms with Gasteiger partial charge in [0.1, 0.15) is 19.3 Å². The first-order valence-corrected chi connectivity index (χ1v) is 39.5. The van der Waals surface area contributed by atoms with Gasteiger partial charge in [-0.05, 0) is 109 Å². The fourth-order valence-electron chi connectivity index (χ4n) is 9.45. The van der Waals surface area contributed by atoms with E-state index in [1.165, 1.54) is 64.2 Å². The summed E-state index contributed by atoms with van der Waals surface area (Å²) in [7, 11) is -9.95. The number of carbonyl (C=O) groups is 4. The first-order valence-electron chi connectivity index (χ1n) is 36.5. The number of aliphatic hydroxyl groups is 1. The van der Waals surface area contributed by atoms with Crippen molar-refractivity contribution in [3.63, 3.8) is 0 Å². The predicted octanol–water partition coefficient (Wildman–Crippen LogP) is 20.4. The van der Waals surface area contributed by atoms with Crippen LogP contribution >= 0.6 is 15.6 Å². The van der Waals surface area contributed by atoms with E-state index in [4.69, 9.17) is 37.0 Å². The van der Waals surface area contributed by atoms with E-state index in [1.807, 2.05) is 12.2 Å². The van der Waals surface area contributed by atoms with Crippen molar-refractivity contribution in [2.24, 2.45) is 0 Å². The molecule has 17 nitrogen and oxygen atoms in total. The number of phosphoric ester groups is 2. The number of carbonyl (C=O) groups excluding carboxylic acids is 4. The summed E-state index contributed by atoms with van der Waals surface area (Å²) in [5, 5.41) is 10.6. The van der Waals surface area contributed by atoms with Crippen molar-refractivity contribution >= 4 is 39.5 Å². The Hall–Kier alpha value is -4.02. The molecule has 0 aliphatic carbocycles. The molecule has 0 aromatic carbocycles. The van der Waals surface area contributed by atoms with Gasteiger partial charge in [-0.2, -0.15) is 0 Å². The van der Waals surface area contributed by atoms with E-state index in [2.05, 4.69) is 113 Å². The zero-order valence-electron chi connectivity index (χ0n) is 58.9. The van der Waals surface area contributed by atoms with Gasteiger partial charge in [-0.25, -0.2) is 9.13 Å². The van der Waals surface area contributed by atoms with Crippen molar-refractivity contribution in [1.82, 2.24) is 0 Å². The number of ether oxygens (including phenoxy) is 4. The molecule has 0 bridgehead atoms. The van der Waals surface area contributed by atoms with Gasteiger partial charge in [0, 0.05) is 25.7 Å². The van der Waals surface area contributed by atoms with Crippen molar-refractivity contribution < 1.29 is 80.2 Å². The smallest absolute Gasteiger partial charge is 0.462 e. The third kappa shape index (κ3) is 66.6. The first-order chi connectivity index (χ1) is 45.7. The molecule has 0 saturated heterocycles. The molecule has 0 fully saturated rings. The third-order valence-corrected chi connectivity index (χ3v) is 16.9. The van der Waals surface area contributed by atoms with Crippen molar-refractivity contribution in [2.75, 3.05) is 39.6 Å². The quantitative estimate of drug-likeness (QED) is 0.0169. The van der Waals surface area contributed by atoms with Crippen LogP contribution in [-0.2, 0) is 65.4 Å². The number of esters is 4. The molecule has 0 rings (SSSR count). The number of hydrogen-bond acceptors (Lipinski definition) is 15. The second-order valence-electron chi connectivity index (χ2n) is 24.2. The average Bonchev–Trinajstić information content (AvgIpc) is 1.32. The Labute approximate surface area is 569 Å². The lowest BCUT2D eigenvalue weighted by molar-refractivity contribution is -0.161.